The molecule has 18 heavy (non-hydrogen) atoms. The molecule has 0 radical (unpaired) electrons. The van der Waals surface area contributed by atoms with Gasteiger partial charge in [-0.1, -0.05) is 0 Å². The average molecular weight is 269 g/mol. The number of aliphatic carboxylic acids is 1. The van der Waals surface area contributed by atoms with Gasteiger partial charge >= 0.3 is 12.1 Å². The lowest BCUT2D eigenvalue weighted by Gasteiger charge is -2.14. The molecule has 0 unspecified atom stereocenters. The molecule has 1 N–H and O–H groups in total. The molecule has 1 aromatic rings. The average Bonchev–Trinajstić information content (AvgIpc) is 2.18. The van der Waals surface area contributed by atoms with E-state index in [2.05, 4.69) is 4.98 Å². The van der Waals surface area contributed by atoms with Gasteiger partial charge in [0, 0.05) is 0 Å². The molecule has 0 spiro atoms. The van der Waals surface area contributed by atoms with Gasteiger partial charge in [0.2, 0.25) is 0 Å². The van der Waals surface area contributed by atoms with Crippen LogP contribution in [-0.4, -0.2) is 16.1 Å². The van der Waals surface area contributed by atoms with Gasteiger partial charge in [-0.15, -0.1) is 0 Å². The van der Waals surface area contributed by atoms with Crippen LogP contribution in [0.2, 0.25) is 0 Å². The maximum absolute atomic E-state index is 12.6. The van der Waals surface area contributed by atoms with Crippen LogP contribution < -0.4 is 0 Å². The molecule has 1 aromatic heterocycles. The molecule has 0 bridgehead atoms. The van der Waals surface area contributed by atoms with Crippen LogP contribution in [0.15, 0.2) is 6.07 Å². The van der Waals surface area contributed by atoms with E-state index < -0.39 is 41.9 Å². The van der Waals surface area contributed by atoms with Crippen molar-refractivity contribution >= 4 is 5.97 Å². The molecule has 0 aliphatic carbocycles. The van der Waals surface area contributed by atoms with Gasteiger partial charge in [-0.2, -0.15) is 13.2 Å². The molecule has 1 heterocycles. The van der Waals surface area contributed by atoms with Crippen LogP contribution in [0.1, 0.15) is 28.9 Å². The molecule has 100 valence electrons. The first-order chi connectivity index (χ1) is 8.12. The number of carbonyl (C=O) groups is 1. The minimum Gasteiger partial charge on any atom is -0.481 e. The van der Waals surface area contributed by atoms with E-state index in [9.17, 15) is 26.7 Å². The summed E-state index contributed by atoms with van der Waals surface area (Å²) >= 11 is 0. The molecule has 0 saturated carbocycles. The van der Waals surface area contributed by atoms with Crippen molar-refractivity contribution in [2.45, 2.75) is 25.9 Å². The van der Waals surface area contributed by atoms with Gasteiger partial charge in [-0.3, -0.25) is 4.79 Å². The first kappa shape index (κ1) is 14.3. The predicted octanol–water partition coefficient (Wildman–Crippen LogP) is 2.97. The number of hydrogen-bond acceptors (Lipinski definition) is 2. The highest BCUT2D eigenvalue weighted by atomic mass is 19.4. The van der Waals surface area contributed by atoms with Crippen LogP contribution in [0.25, 0.3) is 0 Å². The molecule has 1 rings (SSSR count). The van der Waals surface area contributed by atoms with Gasteiger partial charge in [0.15, 0.2) is 0 Å². The van der Waals surface area contributed by atoms with Crippen LogP contribution in [0.5, 0.6) is 0 Å². The van der Waals surface area contributed by atoms with Crippen molar-refractivity contribution in [2.24, 2.45) is 0 Å². The van der Waals surface area contributed by atoms with E-state index in [1.807, 2.05) is 0 Å². The number of nitrogens with zero attached hydrogens (tertiary/aromatic N) is 1. The molecule has 0 aromatic carbocycles. The van der Waals surface area contributed by atoms with Crippen LogP contribution in [0.3, 0.4) is 0 Å². The van der Waals surface area contributed by atoms with E-state index in [0.717, 1.165) is 6.92 Å². The fraction of sp³-hybridized carbons (Fsp3) is 0.400. The summed E-state index contributed by atoms with van der Waals surface area (Å²) < 4.78 is 62.5. The van der Waals surface area contributed by atoms with E-state index >= 15 is 0 Å². The second kappa shape index (κ2) is 4.87. The Hall–Kier alpha value is -1.73. The first-order valence-electron chi connectivity index (χ1n) is 4.70. The standard InChI is InChI=1S/C10H8F5NO2/c1-4-5(3-7(17)18)2-6(9(11)12)16-8(4)10(13,14)15/h2,9H,3H2,1H3,(H,17,18). The van der Waals surface area contributed by atoms with Crippen molar-refractivity contribution in [3.05, 3.63) is 28.6 Å². The molecule has 0 amide bonds. The van der Waals surface area contributed by atoms with E-state index in [-0.39, 0.29) is 5.56 Å². The van der Waals surface area contributed by atoms with Gasteiger partial charge < -0.3 is 5.11 Å². The molecule has 0 atom stereocenters. The van der Waals surface area contributed by atoms with E-state index in [1.54, 1.807) is 0 Å². The Bertz CT molecular complexity index is 470. The Kier molecular flexibility index (Phi) is 3.88. The molecular weight excluding hydrogens is 261 g/mol. The highest BCUT2D eigenvalue weighted by Crippen LogP contribution is 2.33. The number of carboxylic acid groups (broad SMARTS) is 1. The number of rotatable bonds is 3. The van der Waals surface area contributed by atoms with Crippen molar-refractivity contribution in [3.63, 3.8) is 0 Å². The zero-order valence-corrected chi connectivity index (χ0v) is 9.05. The third-order valence-corrected chi connectivity index (χ3v) is 2.23. The van der Waals surface area contributed by atoms with Crippen LogP contribution in [0.4, 0.5) is 22.0 Å². The lowest BCUT2D eigenvalue weighted by molar-refractivity contribution is -0.142. The van der Waals surface area contributed by atoms with Crippen molar-refractivity contribution in [1.29, 1.82) is 0 Å². The van der Waals surface area contributed by atoms with Gasteiger partial charge in [-0.25, -0.2) is 13.8 Å². The summed E-state index contributed by atoms with van der Waals surface area (Å²) in [6, 6.07) is 0.684. The molecule has 8 heteroatoms. The monoisotopic (exact) mass is 269 g/mol. The van der Waals surface area contributed by atoms with Gasteiger partial charge in [-0.05, 0) is 24.1 Å². The maximum Gasteiger partial charge on any atom is 0.433 e. The van der Waals surface area contributed by atoms with Crippen molar-refractivity contribution in [1.82, 2.24) is 4.98 Å². The number of pyridine rings is 1. The smallest absolute Gasteiger partial charge is 0.433 e. The zero-order chi connectivity index (χ0) is 14.1. The summed E-state index contributed by atoms with van der Waals surface area (Å²) in [6.45, 7) is 1.00. The Labute approximate surface area is 98.3 Å². The minimum absolute atomic E-state index is 0.319. The molecule has 0 fully saturated rings. The lowest BCUT2D eigenvalue weighted by atomic mass is 10.0. The molecule has 0 aliphatic rings. The summed E-state index contributed by atoms with van der Waals surface area (Å²) in [4.78, 5) is 13.3. The quantitative estimate of drug-likeness (QED) is 0.858. The highest BCUT2D eigenvalue weighted by Gasteiger charge is 2.36. The summed E-state index contributed by atoms with van der Waals surface area (Å²) in [6.07, 6.45) is -8.86. The first-order valence-corrected chi connectivity index (χ1v) is 4.70. The lowest BCUT2D eigenvalue weighted by Crippen LogP contribution is -2.15. The van der Waals surface area contributed by atoms with Crippen molar-refractivity contribution in [3.8, 4) is 0 Å². The Morgan fingerprint density at radius 3 is 2.39 bits per heavy atom. The Balaban J connectivity index is 3.43. The number of hydrogen-bond donors (Lipinski definition) is 1. The Morgan fingerprint density at radius 2 is 2.00 bits per heavy atom. The molecule has 0 aliphatic heterocycles. The molecular formula is C10H8F5NO2. The van der Waals surface area contributed by atoms with E-state index in [1.165, 1.54) is 0 Å². The fourth-order valence-electron chi connectivity index (χ4n) is 1.42. The topological polar surface area (TPSA) is 50.2 Å². The normalized spacial score (nSPS) is 11.9. The summed E-state index contributed by atoms with van der Waals surface area (Å²) in [5.41, 5.74) is -3.32. The molecule has 0 saturated heterocycles. The predicted molar refractivity (Wildman–Crippen MR) is 50.3 cm³/mol. The van der Waals surface area contributed by atoms with E-state index in [0.29, 0.717) is 6.07 Å². The second-order valence-corrected chi connectivity index (χ2v) is 3.55. The van der Waals surface area contributed by atoms with Crippen molar-refractivity contribution < 1.29 is 31.9 Å². The summed E-state index contributed by atoms with van der Waals surface area (Å²) in [5.74, 6) is -1.40. The van der Waals surface area contributed by atoms with Gasteiger partial charge in [0.1, 0.15) is 11.4 Å². The number of halogens is 5. The van der Waals surface area contributed by atoms with Crippen LogP contribution in [-0.2, 0) is 17.4 Å². The molecule has 3 nitrogen and oxygen atoms in total. The van der Waals surface area contributed by atoms with Crippen molar-refractivity contribution in [2.75, 3.05) is 0 Å². The van der Waals surface area contributed by atoms with Gasteiger partial charge in [0.25, 0.3) is 6.43 Å². The SMILES string of the molecule is Cc1c(CC(=O)O)cc(C(F)F)nc1C(F)(F)F. The maximum atomic E-state index is 12.6. The Morgan fingerprint density at radius 1 is 1.44 bits per heavy atom. The number of aromatic nitrogens is 1. The summed E-state index contributed by atoms with van der Waals surface area (Å²) in [5, 5.41) is 8.53. The number of alkyl halides is 5. The zero-order valence-electron chi connectivity index (χ0n) is 9.05. The van der Waals surface area contributed by atoms with Crippen LogP contribution in [0, 0.1) is 6.92 Å². The number of carboxylic acids is 1. The second-order valence-electron chi connectivity index (χ2n) is 3.55. The van der Waals surface area contributed by atoms with E-state index in [4.69, 9.17) is 5.11 Å². The third kappa shape index (κ3) is 3.14. The van der Waals surface area contributed by atoms with Crippen LogP contribution >= 0.6 is 0 Å². The summed E-state index contributed by atoms with van der Waals surface area (Å²) in [7, 11) is 0. The van der Waals surface area contributed by atoms with Gasteiger partial charge in [0.05, 0.1) is 6.42 Å². The minimum atomic E-state index is -4.90. The third-order valence-electron chi connectivity index (χ3n) is 2.23. The largest absolute Gasteiger partial charge is 0.481 e. The highest BCUT2D eigenvalue weighted by molar-refractivity contribution is 5.71. The fourth-order valence-corrected chi connectivity index (χ4v) is 1.42.